The molecular formula is C21H26N4OS. The van der Waals surface area contributed by atoms with E-state index in [2.05, 4.69) is 20.6 Å². The van der Waals surface area contributed by atoms with E-state index in [1.165, 1.54) is 34.5 Å². The molecule has 1 fully saturated rings. The lowest BCUT2D eigenvalue weighted by Gasteiger charge is -2.32. The number of fused-ring (bicyclic) bond motifs is 2. The summed E-state index contributed by atoms with van der Waals surface area (Å²) < 4.78 is 0. The SMILES string of the molecule is O=C(c1csc2c1CCCC2)N1CCCC(c2ncc3c(n2)CCNC3)C1. The number of aryl methyl sites for hydroxylation is 1. The fourth-order valence-electron chi connectivity index (χ4n) is 4.66. The molecule has 0 spiro atoms. The van der Waals surface area contributed by atoms with Crippen molar-refractivity contribution in [3.63, 3.8) is 0 Å². The van der Waals surface area contributed by atoms with Crippen LogP contribution in [0.4, 0.5) is 0 Å². The highest BCUT2D eigenvalue weighted by Crippen LogP contribution is 2.33. The van der Waals surface area contributed by atoms with Gasteiger partial charge in [-0.1, -0.05) is 0 Å². The zero-order chi connectivity index (χ0) is 18.2. The largest absolute Gasteiger partial charge is 0.338 e. The molecule has 3 aliphatic rings. The number of amides is 1. The fraction of sp³-hybridized carbons (Fsp3) is 0.571. The fourth-order valence-corrected chi connectivity index (χ4v) is 5.78. The van der Waals surface area contributed by atoms with E-state index >= 15 is 0 Å². The van der Waals surface area contributed by atoms with Crippen LogP contribution < -0.4 is 5.32 Å². The van der Waals surface area contributed by atoms with Crippen molar-refractivity contribution >= 4 is 17.2 Å². The van der Waals surface area contributed by atoms with E-state index in [0.717, 1.165) is 69.7 Å². The van der Waals surface area contributed by atoms with Gasteiger partial charge in [0.15, 0.2) is 0 Å². The van der Waals surface area contributed by atoms with Crippen molar-refractivity contribution in [1.29, 1.82) is 0 Å². The molecule has 1 saturated heterocycles. The maximum absolute atomic E-state index is 13.2. The van der Waals surface area contributed by atoms with E-state index in [-0.39, 0.29) is 11.8 Å². The molecule has 1 aliphatic carbocycles. The van der Waals surface area contributed by atoms with E-state index in [0.29, 0.717) is 0 Å². The summed E-state index contributed by atoms with van der Waals surface area (Å²) in [6.07, 6.45) is 9.75. The third kappa shape index (κ3) is 3.29. The molecular weight excluding hydrogens is 356 g/mol. The van der Waals surface area contributed by atoms with E-state index in [1.807, 2.05) is 6.20 Å². The molecule has 1 atom stereocenters. The van der Waals surface area contributed by atoms with Crippen LogP contribution in [0.1, 0.15) is 69.5 Å². The second-order valence-corrected chi connectivity index (χ2v) is 8.94. The van der Waals surface area contributed by atoms with Crippen LogP contribution in [0.5, 0.6) is 0 Å². The Hall–Kier alpha value is -1.79. The molecule has 0 radical (unpaired) electrons. The lowest BCUT2D eigenvalue weighted by Crippen LogP contribution is -2.40. The second-order valence-electron chi connectivity index (χ2n) is 7.98. The summed E-state index contributed by atoms with van der Waals surface area (Å²) in [6, 6.07) is 0. The zero-order valence-corrected chi connectivity index (χ0v) is 16.5. The third-order valence-corrected chi connectivity index (χ3v) is 7.28. The number of nitrogens with one attached hydrogen (secondary N) is 1. The minimum absolute atomic E-state index is 0.223. The summed E-state index contributed by atoms with van der Waals surface area (Å²) in [4.78, 5) is 26.2. The van der Waals surface area contributed by atoms with E-state index in [4.69, 9.17) is 4.98 Å². The minimum atomic E-state index is 0.223. The van der Waals surface area contributed by atoms with Gasteiger partial charge in [-0.05, 0) is 44.1 Å². The molecule has 2 aromatic heterocycles. The normalized spacial score (nSPS) is 22.2. The van der Waals surface area contributed by atoms with Gasteiger partial charge in [0.05, 0.1) is 5.56 Å². The standard InChI is InChI=1S/C21H26N4OS/c26-21(17-13-27-19-6-2-1-5-16(17)19)25-9-3-4-14(12-25)20-23-11-15-10-22-8-7-18(15)24-20/h11,13-14,22H,1-10,12H2. The van der Waals surface area contributed by atoms with Gasteiger partial charge in [0.1, 0.15) is 5.82 Å². The Morgan fingerprint density at radius 2 is 2.15 bits per heavy atom. The van der Waals surface area contributed by atoms with Gasteiger partial charge in [0, 0.05) is 66.2 Å². The Kier molecular flexibility index (Phi) is 4.70. The van der Waals surface area contributed by atoms with Gasteiger partial charge in [-0.15, -0.1) is 11.3 Å². The topological polar surface area (TPSA) is 58.1 Å². The number of hydrogen-bond donors (Lipinski definition) is 1. The molecule has 4 heterocycles. The number of thiophene rings is 1. The first-order valence-corrected chi connectivity index (χ1v) is 11.1. The molecule has 0 saturated carbocycles. The lowest BCUT2D eigenvalue weighted by atomic mass is 9.93. The second kappa shape index (κ2) is 7.32. The van der Waals surface area contributed by atoms with Crippen LogP contribution in [0.15, 0.2) is 11.6 Å². The molecule has 1 unspecified atom stereocenters. The Labute approximate surface area is 164 Å². The summed E-state index contributed by atoms with van der Waals surface area (Å²) in [5.74, 6) is 1.42. The molecule has 0 aromatic carbocycles. The molecule has 0 bridgehead atoms. The quantitative estimate of drug-likeness (QED) is 0.867. The summed E-state index contributed by atoms with van der Waals surface area (Å²) >= 11 is 1.78. The van der Waals surface area contributed by atoms with Crippen molar-refractivity contribution in [2.45, 2.75) is 57.4 Å². The zero-order valence-electron chi connectivity index (χ0n) is 15.7. The highest BCUT2D eigenvalue weighted by Gasteiger charge is 2.30. The Morgan fingerprint density at radius 1 is 1.22 bits per heavy atom. The van der Waals surface area contributed by atoms with Crippen LogP contribution in [-0.2, 0) is 25.8 Å². The molecule has 142 valence electrons. The van der Waals surface area contributed by atoms with Crippen molar-refractivity contribution < 1.29 is 4.79 Å². The molecule has 5 rings (SSSR count). The minimum Gasteiger partial charge on any atom is -0.338 e. The molecule has 1 amide bonds. The maximum Gasteiger partial charge on any atom is 0.255 e. The van der Waals surface area contributed by atoms with Gasteiger partial charge < -0.3 is 10.2 Å². The van der Waals surface area contributed by atoms with Crippen LogP contribution in [0.2, 0.25) is 0 Å². The van der Waals surface area contributed by atoms with E-state index in [9.17, 15) is 4.79 Å². The van der Waals surface area contributed by atoms with Gasteiger partial charge in [-0.3, -0.25) is 4.79 Å². The number of likely N-dealkylation sites (tertiary alicyclic amines) is 1. The van der Waals surface area contributed by atoms with Crippen LogP contribution in [0, 0.1) is 0 Å². The average molecular weight is 383 g/mol. The smallest absolute Gasteiger partial charge is 0.255 e. The predicted molar refractivity (Wildman–Crippen MR) is 106 cm³/mol. The summed E-state index contributed by atoms with van der Waals surface area (Å²) in [6.45, 7) is 3.46. The van der Waals surface area contributed by atoms with Crippen molar-refractivity contribution in [1.82, 2.24) is 20.2 Å². The van der Waals surface area contributed by atoms with Gasteiger partial charge in [-0.25, -0.2) is 9.97 Å². The molecule has 2 aliphatic heterocycles. The number of aromatic nitrogens is 2. The number of rotatable bonds is 2. The Bertz CT molecular complexity index is 862. The molecule has 5 nitrogen and oxygen atoms in total. The van der Waals surface area contributed by atoms with Crippen molar-refractivity contribution in [2.75, 3.05) is 19.6 Å². The molecule has 2 aromatic rings. The van der Waals surface area contributed by atoms with Crippen molar-refractivity contribution in [2.24, 2.45) is 0 Å². The highest BCUT2D eigenvalue weighted by atomic mass is 32.1. The lowest BCUT2D eigenvalue weighted by molar-refractivity contribution is 0.0703. The van der Waals surface area contributed by atoms with Crippen LogP contribution in [0.3, 0.4) is 0 Å². The van der Waals surface area contributed by atoms with Crippen molar-refractivity contribution in [3.8, 4) is 0 Å². The Morgan fingerprint density at radius 3 is 3.11 bits per heavy atom. The number of carbonyl (C=O) groups excluding carboxylic acids is 1. The summed E-state index contributed by atoms with van der Waals surface area (Å²) in [7, 11) is 0. The highest BCUT2D eigenvalue weighted by molar-refractivity contribution is 7.10. The summed E-state index contributed by atoms with van der Waals surface area (Å²) in [5, 5.41) is 5.47. The number of hydrogen-bond acceptors (Lipinski definition) is 5. The van der Waals surface area contributed by atoms with E-state index in [1.54, 1.807) is 11.3 Å². The maximum atomic E-state index is 13.2. The Balaban J connectivity index is 1.35. The predicted octanol–water partition coefficient (Wildman–Crippen LogP) is 3.08. The van der Waals surface area contributed by atoms with Gasteiger partial charge in [-0.2, -0.15) is 0 Å². The number of piperidine rings is 1. The van der Waals surface area contributed by atoms with Gasteiger partial charge in [0.25, 0.3) is 5.91 Å². The first-order chi connectivity index (χ1) is 13.3. The van der Waals surface area contributed by atoms with Crippen LogP contribution in [0.25, 0.3) is 0 Å². The van der Waals surface area contributed by atoms with Gasteiger partial charge in [0.2, 0.25) is 0 Å². The first kappa shape index (κ1) is 17.3. The third-order valence-electron chi connectivity index (χ3n) is 6.19. The van der Waals surface area contributed by atoms with Crippen LogP contribution >= 0.6 is 11.3 Å². The van der Waals surface area contributed by atoms with Crippen LogP contribution in [-0.4, -0.2) is 40.4 Å². The van der Waals surface area contributed by atoms with Crippen molar-refractivity contribution in [3.05, 3.63) is 44.7 Å². The van der Waals surface area contributed by atoms with Gasteiger partial charge >= 0.3 is 0 Å². The number of carbonyl (C=O) groups is 1. The monoisotopic (exact) mass is 382 g/mol. The average Bonchev–Trinajstić information content (AvgIpc) is 3.17. The molecule has 1 N–H and O–H groups in total. The van der Waals surface area contributed by atoms with E-state index < -0.39 is 0 Å². The summed E-state index contributed by atoms with van der Waals surface area (Å²) in [5.41, 5.74) is 4.71. The molecule has 27 heavy (non-hydrogen) atoms. The molecule has 6 heteroatoms. The first-order valence-electron chi connectivity index (χ1n) is 10.2. The number of nitrogens with zero attached hydrogens (tertiary/aromatic N) is 3.